The monoisotopic (exact) mass is 549 g/mol. The lowest BCUT2D eigenvalue weighted by molar-refractivity contribution is 0.0645. The van der Waals surface area contributed by atoms with Crippen molar-refractivity contribution >= 4 is 35.0 Å². The molecule has 10 heteroatoms. The minimum atomic E-state index is -0.266. The lowest BCUT2D eigenvalue weighted by atomic mass is 10.2. The molecule has 2 aromatic carbocycles. The Labute approximate surface area is 233 Å². The predicted octanol–water partition coefficient (Wildman–Crippen LogP) is 4.30. The number of carbonyl (C=O) groups is 2. The van der Waals surface area contributed by atoms with Gasteiger partial charge in [0.1, 0.15) is 16.5 Å². The van der Waals surface area contributed by atoms with Crippen molar-refractivity contribution in [1.29, 1.82) is 0 Å². The lowest BCUT2D eigenvalue weighted by Crippen LogP contribution is -2.48. The summed E-state index contributed by atoms with van der Waals surface area (Å²) in [5.41, 5.74) is 2.27. The molecule has 0 aliphatic carbocycles. The molecule has 0 saturated carbocycles. The molecule has 39 heavy (non-hydrogen) atoms. The van der Waals surface area contributed by atoms with Crippen LogP contribution in [0.3, 0.4) is 0 Å². The number of hydrogen-bond donors (Lipinski definition) is 1. The topological polar surface area (TPSA) is 87.2 Å². The Balaban J connectivity index is 1.28. The summed E-state index contributed by atoms with van der Waals surface area (Å²) >= 11 is 1.38. The largest absolute Gasteiger partial charge is 0.497 e. The van der Waals surface area contributed by atoms with Crippen molar-refractivity contribution in [2.45, 2.75) is 6.54 Å². The molecule has 1 aliphatic heterocycles. The minimum Gasteiger partial charge on any atom is -0.497 e. The molecule has 2 heterocycles. The summed E-state index contributed by atoms with van der Waals surface area (Å²) in [5.74, 6) is 0.647. The summed E-state index contributed by atoms with van der Waals surface area (Å²) in [7, 11) is 3.19. The molecule has 3 aromatic rings. The number of carbonyl (C=O) groups excluding carboxylic acids is 2. The molecule has 1 aromatic heterocycles. The van der Waals surface area contributed by atoms with E-state index in [4.69, 9.17) is 9.47 Å². The molecule has 1 saturated heterocycles. The Bertz CT molecular complexity index is 1220. The molecular weight excluding hydrogens is 514 g/mol. The third-order valence-electron chi connectivity index (χ3n) is 6.42. The van der Waals surface area contributed by atoms with Gasteiger partial charge in [-0.3, -0.25) is 9.69 Å². The van der Waals surface area contributed by atoms with Crippen molar-refractivity contribution in [3.8, 4) is 5.75 Å². The van der Waals surface area contributed by atoms with Gasteiger partial charge in [-0.05, 0) is 29.8 Å². The predicted molar refractivity (Wildman–Crippen MR) is 154 cm³/mol. The zero-order valence-electron chi connectivity index (χ0n) is 22.4. The molecule has 1 aliphatic rings. The van der Waals surface area contributed by atoms with Crippen LogP contribution in [0, 0.1) is 0 Å². The zero-order valence-corrected chi connectivity index (χ0v) is 23.2. The van der Waals surface area contributed by atoms with Crippen LogP contribution in [-0.4, -0.2) is 91.7 Å². The third-order valence-corrected chi connectivity index (χ3v) is 7.26. The summed E-state index contributed by atoms with van der Waals surface area (Å²) in [6.45, 7) is 4.87. The summed E-state index contributed by atoms with van der Waals surface area (Å²) in [4.78, 5) is 36.5. The van der Waals surface area contributed by atoms with Gasteiger partial charge in [0.05, 0.1) is 20.3 Å². The number of anilines is 1. The van der Waals surface area contributed by atoms with E-state index in [1.807, 2.05) is 23.1 Å². The highest BCUT2D eigenvalue weighted by molar-refractivity contribution is 7.09. The highest BCUT2D eigenvalue weighted by atomic mass is 32.1. The second kappa shape index (κ2) is 14.4. The number of nitrogens with zero attached hydrogens (tertiary/aromatic N) is 4. The van der Waals surface area contributed by atoms with Crippen LogP contribution in [-0.2, 0) is 11.3 Å². The Hall–Kier alpha value is -3.73. The average molecular weight is 550 g/mol. The average Bonchev–Trinajstić information content (AvgIpc) is 3.45. The molecule has 0 bridgehead atoms. The summed E-state index contributed by atoms with van der Waals surface area (Å²) in [5, 5.41) is 5.38. The van der Waals surface area contributed by atoms with Crippen LogP contribution in [0.4, 0.5) is 10.5 Å². The second-order valence-corrected chi connectivity index (χ2v) is 10.0. The first-order valence-corrected chi connectivity index (χ1v) is 13.8. The van der Waals surface area contributed by atoms with Gasteiger partial charge in [-0.1, -0.05) is 42.5 Å². The number of nitrogens with one attached hydrogen (secondary N) is 1. The second-order valence-electron chi connectivity index (χ2n) is 9.11. The van der Waals surface area contributed by atoms with E-state index in [1.54, 1.807) is 48.8 Å². The molecule has 0 radical (unpaired) electrons. The van der Waals surface area contributed by atoms with E-state index in [1.165, 1.54) is 16.9 Å². The van der Waals surface area contributed by atoms with Crippen molar-refractivity contribution in [1.82, 2.24) is 19.7 Å². The summed E-state index contributed by atoms with van der Waals surface area (Å²) < 4.78 is 10.4. The fraction of sp³-hybridized carbons (Fsp3) is 0.345. The van der Waals surface area contributed by atoms with Gasteiger partial charge in [-0.2, -0.15) is 0 Å². The number of hydrogen-bond acceptors (Lipinski definition) is 7. The van der Waals surface area contributed by atoms with E-state index in [9.17, 15) is 9.59 Å². The fourth-order valence-corrected chi connectivity index (χ4v) is 4.96. The van der Waals surface area contributed by atoms with Crippen molar-refractivity contribution in [2.24, 2.45) is 0 Å². The normalized spacial score (nSPS) is 13.9. The number of urea groups is 1. The SMILES string of the molecule is COCCN(Cc1nc(C(=O)N2CCN(C/C=C/c3ccccc3)CC2)cs1)C(=O)Nc1ccc(OC)cc1. The van der Waals surface area contributed by atoms with Crippen LogP contribution in [0.2, 0.25) is 0 Å². The quantitative estimate of drug-likeness (QED) is 0.384. The highest BCUT2D eigenvalue weighted by Gasteiger charge is 2.24. The van der Waals surface area contributed by atoms with Gasteiger partial charge in [-0.25, -0.2) is 9.78 Å². The number of methoxy groups -OCH3 is 2. The molecule has 3 amide bonds. The van der Waals surface area contributed by atoms with Gasteiger partial charge >= 0.3 is 6.03 Å². The van der Waals surface area contributed by atoms with E-state index in [-0.39, 0.29) is 18.5 Å². The number of benzene rings is 2. The van der Waals surface area contributed by atoms with Crippen molar-refractivity contribution < 1.29 is 19.1 Å². The maximum Gasteiger partial charge on any atom is 0.322 e. The van der Waals surface area contributed by atoms with Crippen LogP contribution in [0.5, 0.6) is 5.75 Å². The Kier molecular flexibility index (Phi) is 10.5. The van der Waals surface area contributed by atoms with E-state index >= 15 is 0 Å². The first kappa shape index (κ1) is 28.3. The Morgan fingerprint density at radius 1 is 1.05 bits per heavy atom. The number of piperazine rings is 1. The minimum absolute atomic E-state index is 0.0666. The van der Waals surface area contributed by atoms with Crippen molar-refractivity contribution in [3.05, 3.63) is 82.3 Å². The standard InChI is InChI=1S/C29H35N5O4S/c1-37-20-19-34(29(36)30-24-10-12-25(38-2)13-11-24)21-27-31-26(22-39-27)28(35)33-17-15-32(16-18-33)14-6-9-23-7-4-3-5-8-23/h3-13,22H,14-21H2,1-2H3,(H,30,36)/b9-6+. The number of thiazole rings is 1. The van der Waals surface area contributed by atoms with Gasteiger partial charge in [0.15, 0.2) is 0 Å². The maximum atomic E-state index is 13.1. The molecular formula is C29H35N5O4S. The molecule has 4 rings (SSSR count). The smallest absolute Gasteiger partial charge is 0.322 e. The molecule has 1 fully saturated rings. The fourth-order valence-electron chi connectivity index (χ4n) is 4.17. The van der Waals surface area contributed by atoms with Gasteiger partial charge in [0.2, 0.25) is 0 Å². The lowest BCUT2D eigenvalue weighted by Gasteiger charge is -2.33. The number of amides is 3. The molecule has 0 unspecified atom stereocenters. The zero-order chi connectivity index (χ0) is 27.5. The molecule has 1 N–H and O–H groups in total. The van der Waals surface area contributed by atoms with Gasteiger partial charge in [0, 0.05) is 57.4 Å². The van der Waals surface area contributed by atoms with E-state index < -0.39 is 0 Å². The van der Waals surface area contributed by atoms with Gasteiger partial charge in [-0.15, -0.1) is 11.3 Å². The van der Waals surface area contributed by atoms with E-state index in [2.05, 4.69) is 39.5 Å². The summed E-state index contributed by atoms with van der Waals surface area (Å²) in [6, 6.07) is 17.1. The Morgan fingerprint density at radius 2 is 1.79 bits per heavy atom. The number of aromatic nitrogens is 1. The van der Waals surface area contributed by atoms with Crippen molar-refractivity contribution in [3.63, 3.8) is 0 Å². The van der Waals surface area contributed by atoms with Crippen LogP contribution in [0.1, 0.15) is 21.1 Å². The molecule has 206 valence electrons. The Morgan fingerprint density at radius 3 is 2.49 bits per heavy atom. The molecule has 9 nitrogen and oxygen atoms in total. The molecule has 0 atom stereocenters. The van der Waals surface area contributed by atoms with Gasteiger partial charge in [0.25, 0.3) is 5.91 Å². The first-order valence-electron chi connectivity index (χ1n) is 12.9. The summed E-state index contributed by atoms with van der Waals surface area (Å²) in [6.07, 6.45) is 4.29. The van der Waals surface area contributed by atoms with Gasteiger partial charge < -0.3 is 24.6 Å². The van der Waals surface area contributed by atoms with Crippen LogP contribution in [0.15, 0.2) is 66.1 Å². The van der Waals surface area contributed by atoms with Crippen LogP contribution < -0.4 is 10.1 Å². The molecule has 0 spiro atoms. The van der Waals surface area contributed by atoms with Crippen LogP contribution >= 0.6 is 11.3 Å². The third kappa shape index (κ3) is 8.38. The van der Waals surface area contributed by atoms with Crippen molar-refractivity contribution in [2.75, 3.05) is 65.4 Å². The van der Waals surface area contributed by atoms with E-state index in [0.29, 0.717) is 48.4 Å². The highest BCUT2D eigenvalue weighted by Crippen LogP contribution is 2.18. The number of ether oxygens (including phenoxy) is 2. The number of rotatable bonds is 11. The van der Waals surface area contributed by atoms with E-state index in [0.717, 1.165) is 19.6 Å². The first-order chi connectivity index (χ1) is 19.1. The van der Waals surface area contributed by atoms with Crippen LogP contribution in [0.25, 0.3) is 6.08 Å². The maximum absolute atomic E-state index is 13.1.